The molecule has 35 heavy (non-hydrogen) atoms. The highest BCUT2D eigenvalue weighted by molar-refractivity contribution is 6.37. The SMILES string of the molecule is Cc1cc(C(=O)N[C@@H]2c3cc(-n4c(=O)c5c(C)onc5c5c(Cl)cccc54)ccc3C[C@H]2O)no1. The number of nitrogens with one attached hydrogen (secondary N) is 1. The summed E-state index contributed by atoms with van der Waals surface area (Å²) in [6, 6.07) is 11.6. The van der Waals surface area contributed by atoms with Crippen LogP contribution >= 0.6 is 11.6 Å². The van der Waals surface area contributed by atoms with Crippen LogP contribution < -0.4 is 10.9 Å². The van der Waals surface area contributed by atoms with Gasteiger partial charge >= 0.3 is 0 Å². The van der Waals surface area contributed by atoms with Crippen LogP contribution in [0.4, 0.5) is 0 Å². The molecular formula is C25H19ClN4O5. The predicted molar refractivity (Wildman–Crippen MR) is 128 cm³/mol. The van der Waals surface area contributed by atoms with Gasteiger partial charge in [0, 0.05) is 23.6 Å². The number of halogens is 1. The molecule has 1 aliphatic carbocycles. The fourth-order valence-electron chi connectivity index (χ4n) is 4.82. The molecule has 10 heteroatoms. The second-order valence-corrected chi connectivity index (χ2v) is 9.07. The van der Waals surface area contributed by atoms with Crippen LogP contribution in [0.3, 0.4) is 0 Å². The Kier molecular flexibility index (Phi) is 4.80. The molecule has 2 aromatic carbocycles. The van der Waals surface area contributed by atoms with Crippen molar-refractivity contribution in [2.24, 2.45) is 0 Å². The molecule has 0 aliphatic heterocycles. The lowest BCUT2D eigenvalue weighted by Gasteiger charge is -2.18. The van der Waals surface area contributed by atoms with E-state index in [1.165, 1.54) is 6.07 Å². The Balaban J connectivity index is 1.52. The quantitative estimate of drug-likeness (QED) is 0.394. The van der Waals surface area contributed by atoms with E-state index < -0.39 is 18.1 Å². The lowest BCUT2D eigenvalue weighted by Crippen LogP contribution is -2.34. The van der Waals surface area contributed by atoms with Crippen molar-refractivity contribution in [2.75, 3.05) is 0 Å². The number of rotatable bonds is 3. The number of aromatic nitrogens is 3. The van der Waals surface area contributed by atoms with E-state index in [1.807, 2.05) is 12.1 Å². The molecule has 0 radical (unpaired) electrons. The lowest BCUT2D eigenvalue weighted by atomic mass is 10.1. The molecule has 3 aromatic heterocycles. The molecule has 176 valence electrons. The summed E-state index contributed by atoms with van der Waals surface area (Å²) in [5, 5.41) is 22.8. The third kappa shape index (κ3) is 3.27. The number of nitrogens with zero attached hydrogens (tertiary/aromatic N) is 3. The second-order valence-electron chi connectivity index (χ2n) is 8.67. The van der Waals surface area contributed by atoms with Crippen LogP contribution in [0.5, 0.6) is 0 Å². The average Bonchev–Trinajstić information content (AvgIpc) is 3.51. The maximum atomic E-state index is 13.6. The highest BCUT2D eigenvalue weighted by Gasteiger charge is 2.33. The van der Waals surface area contributed by atoms with Gasteiger partial charge in [-0.1, -0.05) is 34.0 Å². The second kappa shape index (κ2) is 7.79. The Bertz CT molecular complexity index is 1720. The van der Waals surface area contributed by atoms with E-state index in [-0.39, 0.29) is 11.3 Å². The number of carbonyl (C=O) groups excluding carboxylic acids is 1. The Morgan fingerprint density at radius 2 is 1.97 bits per heavy atom. The van der Waals surface area contributed by atoms with Gasteiger partial charge in [-0.3, -0.25) is 14.2 Å². The number of benzene rings is 2. The molecule has 0 unspecified atom stereocenters. The van der Waals surface area contributed by atoms with Gasteiger partial charge in [-0.2, -0.15) is 0 Å². The van der Waals surface area contributed by atoms with Crippen molar-refractivity contribution in [3.8, 4) is 5.69 Å². The summed E-state index contributed by atoms with van der Waals surface area (Å²) >= 11 is 6.52. The summed E-state index contributed by atoms with van der Waals surface area (Å²) in [6.45, 7) is 3.37. The van der Waals surface area contributed by atoms with E-state index in [0.717, 1.165) is 5.56 Å². The zero-order chi connectivity index (χ0) is 24.4. The van der Waals surface area contributed by atoms with Crippen LogP contribution in [0.2, 0.25) is 5.02 Å². The summed E-state index contributed by atoms with van der Waals surface area (Å²) < 4.78 is 11.9. The van der Waals surface area contributed by atoms with Gasteiger partial charge in [-0.15, -0.1) is 0 Å². The first-order valence-electron chi connectivity index (χ1n) is 11.0. The summed E-state index contributed by atoms with van der Waals surface area (Å²) in [5.41, 5.74) is 2.96. The summed E-state index contributed by atoms with van der Waals surface area (Å²) in [6.07, 6.45) is -0.466. The number of fused-ring (bicyclic) bond motifs is 4. The first-order valence-corrected chi connectivity index (χ1v) is 11.4. The molecule has 0 saturated heterocycles. The van der Waals surface area contributed by atoms with E-state index in [4.69, 9.17) is 20.6 Å². The molecule has 6 rings (SSSR count). The maximum Gasteiger partial charge on any atom is 0.274 e. The molecule has 2 N–H and O–H groups in total. The molecule has 1 amide bonds. The van der Waals surface area contributed by atoms with Crippen molar-refractivity contribution < 1.29 is 18.9 Å². The average molecular weight is 491 g/mol. The molecule has 0 spiro atoms. The number of aryl methyl sites for hydroxylation is 2. The molecule has 9 nitrogen and oxygen atoms in total. The highest BCUT2D eigenvalue weighted by atomic mass is 35.5. The third-order valence-electron chi connectivity index (χ3n) is 6.43. The molecule has 5 aromatic rings. The number of amides is 1. The minimum Gasteiger partial charge on any atom is -0.390 e. The minimum absolute atomic E-state index is 0.129. The minimum atomic E-state index is -0.831. The summed E-state index contributed by atoms with van der Waals surface area (Å²) in [5.74, 6) is 0.444. The Labute approximate surface area is 202 Å². The highest BCUT2D eigenvalue weighted by Crippen LogP contribution is 2.35. The van der Waals surface area contributed by atoms with E-state index in [0.29, 0.717) is 56.0 Å². The lowest BCUT2D eigenvalue weighted by molar-refractivity contribution is 0.0849. The van der Waals surface area contributed by atoms with E-state index in [1.54, 1.807) is 42.7 Å². The smallest absolute Gasteiger partial charge is 0.274 e. The Morgan fingerprint density at radius 1 is 1.14 bits per heavy atom. The monoisotopic (exact) mass is 490 g/mol. The Morgan fingerprint density at radius 3 is 2.74 bits per heavy atom. The van der Waals surface area contributed by atoms with Crippen molar-refractivity contribution in [1.29, 1.82) is 0 Å². The first kappa shape index (κ1) is 21.6. The summed E-state index contributed by atoms with van der Waals surface area (Å²) in [7, 11) is 0. The molecule has 2 atom stereocenters. The van der Waals surface area contributed by atoms with Crippen LogP contribution in [-0.2, 0) is 6.42 Å². The van der Waals surface area contributed by atoms with Gasteiger partial charge in [-0.25, -0.2) is 0 Å². The fraction of sp³-hybridized carbons (Fsp3) is 0.200. The van der Waals surface area contributed by atoms with Gasteiger partial charge in [0.15, 0.2) is 5.69 Å². The van der Waals surface area contributed by atoms with Crippen molar-refractivity contribution in [2.45, 2.75) is 32.4 Å². The van der Waals surface area contributed by atoms with Crippen molar-refractivity contribution in [3.05, 3.63) is 86.2 Å². The topological polar surface area (TPSA) is 123 Å². The van der Waals surface area contributed by atoms with E-state index >= 15 is 0 Å². The number of carbonyl (C=O) groups is 1. The Hall–Kier alpha value is -3.95. The van der Waals surface area contributed by atoms with Gasteiger partial charge < -0.3 is 19.5 Å². The van der Waals surface area contributed by atoms with Crippen LogP contribution in [0, 0.1) is 13.8 Å². The van der Waals surface area contributed by atoms with Gasteiger partial charge in [0.1, 0.15) is 22.4 Å². The van der Waals surface area contributed by atoms with Crippen LogP contribution in [0.25, 0.3) is 27.5 Å². The number of hydrogen-bond donors (Lipinski definition) is 2. The predicted octanol–water partition coefficient (Wildman–Crippen LogP) is 3.78. The standard InChI is InChI=1S/C25H19ClN4O5/c1-11-8-17(28-34-11)24(32)27-22-15-10-14(7-6-13(15)9-19(22)31)30-18-5-3-4-16(26)21(18)23-20(25(30)33)12(2)35-29-23/h3-8,10,19,22,31H,9H2,1-2H3,(H,27,32)/t19-,22-/m1/s1. The zero-order valence-electron chi connectivity index (χ0n) is 18.7. The van der Waals surface area contributed by atoms with Crippen molar-refractivity contribution in [1.82, 2.24) is 20.2 Å². The molecule has 0 fully saturated rings. The zero-order valence-corrected chi connectivity index (χ0v) is 19.5. The number of hydrogen-bond acceptors (Lipinski definition) is 7. The van der Waals surface area contributed by atoms with Crippen LogP contribution in [0.15, 0.2) is 56.3 Å². The van der Waals surface area contributed by atoms with Gasteiger partial charge in [0.2, 0.25) is 0 Å². The fourth-order valence-corrected chi connectivity index (χ4v) is 5.07. The van der Waals surface area contributed by atoms with Gasteiger partial charge in [-0.05, 0) is 49.2 Å². The van der Waals surface area contributed by atoms with Gasteiger partial charge in [0.25, 0.3) is 11.5 Å². The maximum absolute atomic E-state index is 13.6. The molecule has 1 aliphatic rings. The van der Waals surface area contributed by atoms with Crippen LogP contribution in [0.1, 0.15) is 39.2 Å². The molecule has 0 saturated carbocycles. The van der Waals surface area contributed by atoms with Crippen LogP contribution in [-0.4, -0.2) is 32.0 Å². The largest absolute Gasteiger partial charge is 0.390 e. The molecule has 3 heterocycles. The first-order chi connectivity index (χ1) is 16.8. The number of aliphatic hydroxyl groups excluding tert-OH is 1. The normalized spacial score (nSPS) is 17.3. The van der Waals surface area contributed by atoms with Crippen molar-refractivity contribution >= 4 is 39.3 Å². The summed E-state index contributed by atoms with van der Waals surface area (Å²) in [4.78, 5) is 26.3. The third-order valence-corrected chi connectivity index (χ3v) is 6.75. The number of pyridine rings is 1. The molecule has 0 bridgehead atoms. The molecular weight excluding hydrogens is 472 g/mol. The van der Waals surface area contributed by atoms with Gasteiger partial charge in [0.05, 0.1) is 22.7 Å². The van der Waals surface area contributed by atoms with Crippen molar-refractivity contribution in [3.63, 3.8) is 0 Å². The number of aliphatic hydroxyl groups is 1. The van der Waals surface area contributed by atoms with E-state index in [2.05, 4.69) is 15.6 Å². The van der Waals surface area contributed by atoms with E-state index in [9.17, 15) is 14.7 Å².